The summed E-state index contributed by atoms with van der Waals surface area (Å²) in [5, 5.41) is 7.74. The summed E-state index contributed by atoms with van der Waals surface area (Å²) in [6.07, 6.45) is 3.62. The molecule has 0 radical (unpaired) electrons. The molecule has 0 amide bonds. The van der Waals surface area contributed by atoms with Crippen LogP contribution in [0.25, 0.3) is 5.69 Å². The van der Waals surface area contributed by atoms with E-state index in [0.29, 0.717) is 0 Å². The summed E-state index contributed by atoms with van der Waals surface area (Å²) in [7, 11) is 1.93. The Labute approximate surface area is 118 Å². The highest BCUT2D eigenvalue weighted by Crippen LogP contribution is 2.22. The molecule has 1 atom stereocenters. The highest BCUT2D eigenvalue weighted by molar-refractivity contribution is 5.35. The first-order valence-corrected chi connectivity index (χ1v) is 6.57. The van der Waals surface area contributed by atoms with Crippen LogP contribution in [0.5, 0.6) is 0 Å². The molecular formula is C16H16N4. The molecule has 0 saturated carbocycles. The van der Waals surface area contributed by atoms with E-state index in [0.717, 1.165) is 17.1 Å². The molecule has 2 heterocycles. The average molecular weight is 264 g/mol. The molecule has 0 aliphatic heterocycles. The van der Waals surface area contributed by atoms with Crippen molar-refractivity contribution in [1.29, 1.82) is 0 Å². The standard InChI is InChI=1S/C16H16N4/c1-17-16(14-9-5-6-11-18-14)15-10-12-19-20(15)13-7-3-2-4-8-13/h2-12,16-17H,1H3. The van der Waals surface area contributed by atoms with Gasteiger partial charge in [-0.1, -0.05) is 24.3 Å². The van der Waals surface area contributed by atoms with Gasteiger partial charge in [0.1, 0.15) is 0 Å². The molecule has 0 aliphatic carbocycles. The summed E-state index contributed by atoms with van der Waals surface area (Å²) >= 11 is 0. The molecule has 3 aromatic rings. The molecular weight excluding hydrogens is 248 g/mol. The molecule has 0 fully saturated rings. The van der Waals surface area contributed by atoms with E-state index in [1.165, 1.54) is 0 Å². The van der Waals surface area contributed by atoms with Gasteiger partial charge in [-0.15, -0.1) is 0 Å². The summed E-state index contributed by atoms with van der Waals surface area (Å²) in [4.78, 5) is 4.44. The van der Waals surface area contributed by atoms with Gasteiger partial charge in [-0.2, -0.15) is 5.10 Å². The topological polar surface area (TPSA) is 42.7 Å². The predicted molar refractivity (Wildman–Crippen MR) is 78.7 cm³/mol. The molecule has 4 nitrogen and oxygen atoms in total. The van der Waals surface area contributed by atoms with Gasteiger partial charge in [0.05, 0.1) is 23.1 Å². The summed E-state index contributed by atoms with van der Waals surface area (Å²) in [5.41, 5.74) is 3.09. The van der Waals surface area contributed by atoms with Crippen molar-refractivity contribution >= 4 is 0 Å². The van der Waals surface area contributed by atoms with Gasteiger partial charge < -0.3 is 5.32 Å². The molecule has 100 valence electrons. The minimum Gasteiger partial charge on any atom is -0.307 e. The van der Waals surface area contributed by atoms with Gasteiger partial charge in [-0.05, 0) is 37.4 Å². The molecule has 0 bridgehead atoms. The Bertz CT molecular complexity index is 661. The Morgan fingerprint density at radius 1 is 0.950 bits per heavy atom. The molecule has 4 heteroatoms. The fourth-order valence-electron chi connectivity index (χ4n) is 2.31. The van der Waals surface area contributed by atoms with E-state index in [2.05, 4.69) is 15.4 Å². The molecule has 0 aliphatic rings. The Morgan fingerprint density at radius 3 is 2.45 bits per heavy atom. The van der Waals surface area contributed by atoms with Crippen LogP contribution in [0, 0.1) is 0 Å². The number of hydrogen-bond acceptors (Lipinski definition) is 3. The van der Waals surface area contributed by atoms with E-state index in [-0.39, 0.29) is 6.04 Å². The zero-order valence-electron chi connectivity index (χ0n) is 11.3. The Morgan fingerprint density at radius 2 is 1.75 bits per heavy atom. The zero-order chi connectivity index (χ0) is 13.8. The number of aromatic nitrogens is 3. The lowest BCUT2D eigenvalue weighted by atomic mass is 10.1. The number of pyridine rings is 1. The number of para-hydroxylation sites is 1. The Hall–Kier alpha value is -2.46. The quantitative estimate of drug-likeness (QED) is 0.787. The predicted octanol–water partition coefficient (Wildman–Crippen LogP) is 2.58. The van der Waals surface area contributed by atoms with Gasteiger partial charge in [0, 0.05) is 12.4 Å². The highest BCUT2D eigenvalue weighted by Gasteiger charge is 2.18. The van der Waals surface area contributed by atoms with Gasteiger partial charge in [0.15, 0.2) is 0 Å². The second kappa shape index (κ2) is 5.67. The van der Waals surface area contributed by atoms with Crippen LogP contribution in [0.1, 0.15) is 17.4 Å². The molecule has 1 N–H and O–H groups in total. The summed E-state index contributed by atoms with van der Waals surface area (Å²) in [5.74, 6) is 0. The number of benzene rings is 1. The van der Waals surface area contributed by atoms with Crippen molar-refractivity contribution in [3.63, 3.8) is 0 Å². The third kappa shape index (κ3) is 2.33. The van der Waals surface area contributed by atoms with E-state index >= 15 is 0 Å². The lowest BCUT2D eigenvalue weighted by Crippen LogP contribution is -2.22. The SMILES string of the molecule is CNC(c1ccccn1)c1ccnn1-c1ccccc1. The number of rotatable bonds is 4. The van der Waals surface area contributed by atoms with Gasteiger partial charge in [-0.3, -0.25) is 4.98 Å². The van der Waals surface area contributed by atoms with Crippen molar-refractivity contribution in [3.8, 4) is 5.69 Å². The van der Waals surface area contributed by atoms with Gasteiger partial charge in [0.25, 0.3) is 0 Å². The number of hydrogen-bond donors (Lipinski definition) is 1. The minimum atomic E-state index is 0.0129. The maximum absolute atomic E-state index is 4.44. The van der Waals surface area contributed by atoms with Crippen molar-refractivity contribution in [2.45, 2.75) is 6.04 Å². The van der Waals surface area contributed by atoms with Gasteiger partial charge in [0.2, 0.25) is 0 Å². The second-order valence-electron chi connectivity index (χ2n) is 4.48. The molecule has 1 unspecified atom stereocenters. The Kier molecular flexibility index (Phi) is 3.56. The van der Waals surface area contributed by atoms with E-state index < -0.39 is 0 Å². The third-order valence-electron chi connectivity index (χ3n) is 3.24. The van der Waals surface area contributed by atoms with Crippen molar-refractivity contribution in [3.05, 3.63) is 78.4 Å². The smallest absolute Gasteiger partial charge is 0.0924 e. The van der Waals surface area contributed by atoms with Gasteiger partial charge in [-0.25, -0.2) is 4.68 Å². The normalized spacial score (nSPS) is 12.2. The highest BCUT2D eigenvalue weighted by atomic mass is 15.3. The van der Waals surface area contributed by atoms with Crippen LogP contribution in [0.3, 0.4) is 0 Å². The Balaban J connectivity index is 2.04. The van der Waals surface area contributed by atoms with E-state index in [1.54, 1.807) is 0 Å². The molecule has 1 aromatic carbocycles. The third-order valence-corrected chi connectivity index (χ3v) is 3.24. The van der Waals surface area contributed by atoms with Crippen molar-refractivity contribution in [2.24, 2.45) is 0 Å². The van der Waals surface area contributed by atoms with Crippen LogP contribution in [0.2, 0.25) is 0 Å². The molecule has 0 saturated heterocycles. The van der Waals surface area contributed by atoms with Crippen LogP contribution >= 0.6 is 0 Å². The summed E-state index contributed by atoms with van der Waals surface area (Å²) in [6, 6.07) is 18.1. The molecule has 2 aromatic heterocycles. The first-order valence-electron chi connectivity index (χ1n) is 6.57. The number of nitrogens with zero attached hydrogens (tertiary/aromatic N) is 3. The van der Waals surface area contributed by atoms with Crippen LogP contribution in [-0.2, 0) is 0 Å². The van der Waals surface area contributed by atoms with Crippen LogP contribution in [-0.4, -0.2) is 21.8 Å². The zero-order valence-corrected chi connectivity index (χ0v) is 11.3. The maximum atomic E-state index is 4.44. The van der Waals surface area contributed by atoms with Gasteiger partial charge >= 0.3 is 0 Å². The first-order chi connectivity index (χ1) is 9.90. The van der Waals surface area contributed by atoms with Crippen molar-refractivity contribution in [1.82, 2.24) is 20.1 Å². The van der Waals surface area contributed by atoms with Crippen molar-refractivity contribution < 1.29 is 0 Å². The summed E-state index contributed by atoms with van der Waals surface area (Å²) < 4.78 is 1.94. The second-order valence-corrected chi connectivity index (χ2v) is 4.48. The van der Waals surface area contributed by atoms with E-state index in [4.69, 9.17) is 0 Å². The lowest BCUT2D eigenvalue weighted by Gasteiger charge is -2.17. The minimum absolute atomic E-state index is 0.0129. The monoisotopic (exact) mass is 264 g/mol. The largest absolute Gasteiger partial charge is 0.307 e. The van der Waals surface area contributed by atoms with Crippen molar-refractivity contribution in [2.75, 3.05) is 7.05 Å². The van der Waals surface area contributed by atoms with E-state index in [9.17, 15) is 0 Å². The lowest BCUT2D eigenvalue weighted by molar-refractivity contribution is 0.622. The fourth-order valence-corrected chi connectivity index (χ4v) is 2.31. The van der Waals surface area contributed by atoms with Crippen LogP contribution in [0.15, 0.2) is 67.0 Å². The fraction of sp³-hybridized carbons (Fsp3) is 0.125. The number of nitrogens with one attached hydrogen (secondary N) is 1. The summed E-state index contributed by atoms with van der Waals surface area (Å²) in [6.45, 7) is 0. The average Bonchev–Trinajstić information content (AvgIpc) is 2.99. The van der Waals surface area contributed by atoms with Crippen LogP contribution in [0.4, 0.5) is 0 Å². The molecule has 20 heavy (non-hydrogen) atoms. The van der Waals surface area contributed by atoms with Crippen LogP contribution < -0.4 is 5.32 Å². The maximum Gasteiger partial charge on any atom is 0.0924 e. The molecule has 0 spiro atoms. The molecule has 3 rings (SSSR count). The first kappa shape index (κ1) is 12.6. The van der Waals surface area contributed by atoms with E-state index in [1.807, 2.05) is 78.7 Å².